The van der Waals surface area contributed by atoms with Crippen LogP contribution < -0.4 is 20.5 Å². The van der Waals surface area contributed by atoms with Gasteiger partial charge in [-0.1, -0.05) is 19.4 Å². The molecule has 0 radical (unpaired) electrons. The van der Waals surface area contributed by atoms with Crippen LogP contribution in [0.25, 0.3) is 0 Å². The fraction of sp³-hybridized carbons (Fsp3) is 0.400. The second-order valence-electron chi connectivity index (χ2n) is 6.58. The lowest BCUT2D eigenvalue weighted by atomic mass is 9.85. The summed E-state index contributed by atoms with van der Waals surface area (Å²) >= 11 is 1.45. The van der Waals surface area contributed by atoms with Gasteiger partial charge in [-0.25, -0.2) is 0 Å². The van der Waals surface area contributed by atoms with Crippen molar-refractivity contribution in [3.8, 4) is 11.5 Å². The second kappa shape index (κ2) is 8.00. The highest BCUT2D eigenvalue weighted by Gasteiger charge is 2.28. The first kappa shape index (κ1) is 19.2. The molecule has 0 spiro atoms. The van der Waals surface area contributed by atoms with Gasteiger partial charge in [-0.15, -0.1) is 11.3 Å². The summed E-state index contributed by atoms with van der Waals surface area (Å²) in [6, 6.07) is 5.09. The van der Waals surface area contributed by atoms with E-state index in [1.165, 1.54) is 25.6 Å². The van der Waals surface area contributed by atoms with E-state index >= 15 is 0 Å². The Hall–Kier alpha value is -2.54. The molecule has 3 N–H and O–H groups in total. The Bertz CT molecular complexity index is 875. The fourth-order valence-electron chi connectivity index (χ4n) is 3.59. The molecule has 6 nitrogen and oxygen atoms in total. The molecule has 0 aliphatic heterocycles. The molecule has 3 rings (SSSR count). The molecule has 1 aliphatic carbocycles. The van der Waals surface area contributed by atoms with Crippen molar-refractivity contribution in [2.45, 2.75) is 32.6 Å². The number of nitrogens with one attached hydrogen (secondary N) is 1. The zero-order valence-corrected chi connectivity index (χ0v) is 16.6. The van der Waals surface area contributed by atoms with Gasteiger partial charge in [0.15, 0.2) is 11.5 Å². The van der Waals surface area contributed by atoms with Crippen molar-refractivity contribution in [1.29, 1.82) is 0 Å². The largest absolute Gasteiger partial charge is 0.493 e. The van der Waals surface area contributed by atoms with Gasteiger partial charge in [-0.05, 0) is 42.9 Å². The first-order chi connectivity index (χ1) is 13.0. The second-order valence-corrected chi connectivity index (χ2v) is 7.69. The summed E-state index contributed by atoms with van der Waals surface area (Å²) in [6.07, 6.45) is 3.89. The zero-order chi connectivity index (χ0) is 19.6. The molecule has 2 aromatic rings. The molecule has 0 saturated carbocycles. The summed E-state index contributed by atoms with van der Waals surface area (Å²) in [7, 11) is 3.00. The standard InChI is InChI=1S/C20H24N2O4S/c1-4-11-8-9-12-15(10-11)27-20(16(12)18(21)23)22-19(24)13-6-5-7-14(25-2)17(13)26-3/h5-7,11H,4,8-10H2,1-3H3,(H2,21,23)(H,22,24)/t11-/m0/s1. The average Bonchev–Trinajstić information content (AvgIpc) is 3.03. The highest BCUT2D eigenvalue weighted by Crippen LogP contribution is 2.41. The SMILES string of the molecule is CC[C@H]1CCc2c(sc(NC(=O)c3cccc(OC)c3OC)c2C(N)=O)C1. The van der Waals surface area contributed by atoms with Crippen LogP contribution >= 0.6 is 11.3 Å². The molecular formula is C20H24N2O4S. The number of methoxy groups -OCH3 is 2. The van der Waals surface area contributed by atoms with E-state index in [1.54, 1.807) is 18.2 Å². The van der Waals surface area contributed by atoms with Gasteiger partial charge in [0, 0.05) is 4.88 Å². The smallest absolute Gasteiger partial charge is 0.260 e. The van der Waals surface area contributed by atoms with Crippen molar-refractivity contribution in [2.75, 3.05) is 19.5 Å². The van der Waals surface area contributed by atoms with Crippen LogP contribution in [0.5, 0.6) is 11.5 Å². The molecule has 0 bridgehead atoms. The summed E-state index contributed by atoms with van der Waals surface area (Å²) < 4.78 is 10.6. The molecule has 1 atom stereocenters. The number of thiophene rings is 1. The third-order valence-electron chi connectivity index (χ3n) is 5.07. The van der Waals surface area contributed by atoms with Gasteiger partial charge in [0.25, 0.3) is 11.8 Å². The average molecular weight is 388 g/mol. The van der Waals surface area contributed by atoms with Crippen LogP contribution in [0.1, 0.15) is 50.9 Å². The summed E-state index contributed by atoms with van der Waals surface area (Å²) in [6.45, 7) is 2.18. The number of anilines is 1. The van der Waals surface area contributed by atoms with Gasteiger partial charge in [-0.2, -0.15) is 0 Å². The van der Waals surface area contributed by atoms with Gasteiger partial charge in [-0.3, -0.25) is 9.59 Å². The Morgan fingerprint density at radius 2 is 2.07 bits per heavy atom. The number of nitrogens with two attached hydrogens (primary N) is 1. The molecule has 0 fully saturated rings. The van der Waals surface area contributed by atoms with E-state index in [0.29, 0.717) is 33.5 Å². The maximum atomic E-state index is 12.9. The normalized spacial score (nSPS) is 15.7. The summed E-state index contributed by atoms with van der Waals surface area (Å²) in [5, 5.41) is 3.38. The Balaban J connectivity index is 1.96. The first-order valence-electron chi connectivity index (χ1n) is 8.96. The third-order valence-corrected chi connectivity index (χ3v) is 6.24. The maximum absolute atomic E-state index is 12.9. The van der Waals surface area contributed by atoms with E-state index < -0.39 is 5.91 Å². The fourth-order valence-corrected chi connectivity index (χ4v) is 4.95. The number of carbonyl (C=O) groups excluding carboxylic acids is 2. The van der Waals surface area contributed by atoms with Crippen LogP contribution in [0.15, 0.2) is 18.2 Å². The number of amides is 2. The van der Waals surface area contributed by atoms with E-state index in [0.717, 1.165) is 36.1 Å². The highest BCUT2D eigenvalue weighted by molar-refractivity contribution is 7.17. The molecule has 1 aliphatic rings. The van der Waals surface area contributed by atoms with Crippen LogP contribution in [-0.4, -0.2) is 26.0 Å². The molecule has 1 aromatic heterocycles. The zero-order valence-electron chi connectivity index (χ0n) is 15.8. The number of benzene rings is 1. The quantitative estimate of drug-likeness (QED) is 0.791. The lowest BCUT2D eigenvalue weighted by Crippen LogP contribution is -2.20. The van der Waals surface area contributed by atoms with Gasteiger partial charge < -0.3 is 20.5 Å². The predicted octanol–water partition coefficient (Wildman–Crippen LogP) is 3.63. The molecule has 7 heteroatoms. The minimum atomic E-state index is -0.504. The monoisotopic (exact) mass is 388 g/mol. The van der Waals surface area contributed by atoms with E-state index in [2.05, 4.69) is 12.2 Å². The summed E-state index contributed by atoms with van der Waals surface area (Å²) in [5.41, 5.74) is 7.41. The number of carbonyl (C=O) groups is 2. The maximum Gasteiger partial charge on any atom is 0.260 e. The van der Waals surface area contributed by atoms with Crippen molar-refractivity contribution in [3.63, 3.8) is 0 Å². The van der Waals surface area contributed by atoms with Gasteiger partial charge >= 0.3 is 0 Å². The molecule has 0 saturated heterocycles. The molecule has 1 heterocycles. The van der Waals surface area contributed by atoms with E-state index in [9.17, 15) is 9.59 Å². The Morgan fingerprint density at radius 3 is 2.70 bits per heavy atom. The van der Waals surface area contributed by atoms with Crippen LogP contribution in [-0.2, 0) is 12.8 Å². The van der Waals surface area contributed by atoms with Gasteiger partial charge in [0.1, 0.15) is 5.00 Å². The number of rotatable bonds is 6. The number of para-hydroxylation sites is 1. The van der Waals surface area contributed by atoms with Crippen molar-refractivity contribution in [2.24, 2.45) is 11.7 Å². The molecule has 0 unspecified atom stereocenters. The highest BCUT2D eigenvalue weighted by atomic mass is 32.1. The topological polar surface area (TPSA) is 90.7 Å². The van der Waals surface area contributed by atoms with Crippen LogP contribution in [0.2, 0.25) is 0 Å². The van der Waals surface area contributed by atoms with Crippen LogP contribution in [0.3, 0.4) is 0 Å². The molecular weight excluding hydrogens is 364 g/mol. The van der Waals surface area contributed by atoms with Crippen molar-refractivity contribution >= 4 is 28.2 Å². The third kappa shape index (κ3) is 3.64. The molecule has 27 heavy (non-hydrogen) atoms. The minimum Gasteiger partial charge on any atom is -0.493 e. The number of primary amides is 1. The van der Waals surface area contributed by atoms with E-state index in [4.69, 9.17) is 15.2 Å². The number of ether oxygens (including phenoxy) is 2. The van der Waals surface area contributed by atoms with Crippen LogP contribution in [0, 0.1) is 5.92 Å². The Morgan fingerprint density at radius 1 is 1.30 bits per heavy atom. The van der Waals surface area contributed by atoms with Gasteiger partial charge in [0.2, 0.25) is 0 Å². The summed E-state index contributed by atoms with van der Waals surface area (Å²) in [4.78, 5) is 26.1. The Kier molecular flexibility index (Phi) is 5.70. The predicted molar refractivity (Wildman–Crippen MR) is 106 cm³/mol. The van der Waals surface area contributed by atoms with E-state index in [1.807, 2.05) is 0 Å². The lowest BCUT2D eigenvalue weighted by Gasteiger charge is -2.20. The molecule has 1 aromatic carbocycles. The number of fused-ring (bicyclic) bond motifs is 1. The minimum absolute atomic E-state index is 0.338. The van der Waals surface area contributed by atoms with Crippen LogP contribution in [0.4, 0.5) is 5.00 Å². The van der Waals surface area contributed by atoms with Crippen molar-refractivity contribution in [1.82, 2.24) is 0 Å². The lowest BCUT2D eigenvalue weighted by molar-refractivity contribution is 0.1000. The number of hydrogen-bond donors (Lipinski definition) is 2. The number of hydrogen-bond acceptors (Lipinski definition) is 5. The summed E-state index contributed by atoms with van der Waals surface area (Å²) in [5.74, 6) is 0.565. The Labute approximate surface area is 162 Å². The van der Waals surface area contributed by atoms with Crippen molar-refractivity contribution in [3.05, 3.63) is 39.8 Å². The first-order valence-corrected chi connectivity index (χ1v) is 9.78. The van der Waals surface area contributed by atoms with Crippen molar-refractivity contribution < 1.29 is 19.1 Å². The van der Waals surface area contributed by atoms with E-state index in [-0.39, 0.29) is 5.91 Å². The molecule has 2 amide bonds. The van der Waals surface area contributed by atoms with Gasteiger partial charge in [0.05, 0.1) is 25.3 Å². The molecule has 144 valence electrons.